The largest absolute Gasteiger partial charge is 0.393 e. The van der Waals surface area contributed by atoms with Gasteiger partial charge in [0.15, 0.2) is 0 Å². The highest BCUT2D eigenvalue weighted by molar-refractivity contribution is 5.88. The Morgan fingerprint density at radius 3 is 2.74 bits per heavy atom. The number of hydrogen-bond acceptors (Lipinski definition) is 4. The third-order valence-corrected chi connectivity index (χ3v) is 3.12. The van der Waals surface area contributed by atoms with Crippen molar-refractivity contribution >= 4 is 11.8 Å². The van der Waals surface area contributed by atoms with Crippen LogP contribution in [0.25, 0.3) is 0 Å². The third kappa shape index (κ3) is 5.40. The second kappa shape index (κ2) is 7.25. The molecule has 0 unspecified atom stereocenters. The summed E-state index contributed by atoms with van der Waals surface area (Å²) in [6.45, 7) is 4.25. The van der Waals surface area contributed by atoms with Crippen LogP contribution in [0.3, 0.4) is 0 Å². The van der Waals surface area contributed by atoms with Crippen LogP contribution in [0, 0.1) is 5.92 Å². The first-order valence-electron chi connectivity index (χ1n) is 6.60. The molecule has 0 aromatic rings. The molecule has 1 heterocycles. The third-order valence-electron chi connectivity index (χ3n) is 3.12. The van der Waals surface area contributed by atoms with Crippen LogP contribution in [0.2, 0.25) is 0 Å². The molecule has 2 amide bonds. The van der Waals surface area contributed by atoms with E-state index in [-0.39, 0.29) is 30.2 Å². The molecule has 6 heteroatoms. The molecular weight excluding hydrogens is 246 g/mol. The van der Waals surface area contributed by atoms with Crippen molar-refractivity contribution < 1.29 is 14.7 Å². The van der Waals surface area contributed by atoms with Gasteiger partial charge in [-0.25, -0.2) is 0 Å². The maximum atomic E-state index is 11.9. The number of carbonyl (C=O) groups is 2. The van der Waals surface area contributed by atoms with Gasteiger partial charge in [-0.15, -0.1) is 0 Å². The molecule has 0 spiro atoms. The van der Waals surface area contributed by atoms with Gasteiger partial charge in [0, 0.05) is 18.7 Å². The maximum absolute atomic E-state index is 11.9. The quantitative estimate of drug-likeness (QED) is 0.504. The molecule has 0 aliphatic carbocycles. The molecular formula is C13H23N3O3. The number of aliphatic hydroxyl groups is 1. The number of aliphatic hydroxyl groups excluding tert-OH is 1. The molecule has 5 N–H and O–H groups in total. The Morgan fingerprint density at radius 2 is 2.11 bits per heavy atom. The van der Waals surface area contributed by atoms with E-state index in [4.69, 9.17) is 5.73 Å². The zero-order valence-corrected chi connectivity index (χ0v) is 11.4. The van der Waals surface area contributed by atoms with Crippen LogP contribution >= 0.6 is 0 Å². The van der Waals surface area contributed by atoms with Crippen molar-refractivity contribution in [3.63, 3.8) is 0 Å². The summed E-state index contributed by atoms with van der Waals surface area (Å²) in [7, 11) is 0. The maximum Gasteiger partial charge on any atom is 0.243 e. The summed E-state index contributed by atoms with van der Waals surface area (Å²) in [6.07, 6.45) is 2.96. The smallest absolute Gasteiger partial charge is 0.243 e. The molecule has 108 valence electrons. The SMILES string of the molecule is CC(C)[C@H]1/C=C/C(=O)NCC[C@H](O)C[C@H](N)C(=O)N1. The number of hydrogen-bond donors (Lipinski definition) is 4. The van der Waals surface area contributed by atoms with Gasteiger partial charge in [0.1, 0.15) is 0 Å². The van der Waals surface area contributed by atoms with Gasteiger partial charge in [0.05, 0.1) is 12.1 Å². The molecule has 19 heavy (non-hydrogen) atoms. The van der Waals surface area contributed by atoms with Gasteiger partial charge in [-0.1, -0.05) is 19.9 Å². The lowest BCUT2D eigenvalue weighted by Crippen LogP contribution is -2.48. The van der Waals surface area contributed by atoms with E-state index in [1.807, 2.05) is 13.8 Å². The minimum atomic E-state index is -0.736. The molecule has 0 aromatic carbocycles. The van der Waals surface area contributed by atoms with Gasteiger partial charge >= 0.3 is 0 Å². The van der Waals surface area contributed by atoms with Crippen molar-refractivity contribution in [2.75, 3.05) is 6.54 Å². The van der Waals surface area contributed by atoms with Crippen LogP contribution in [0.1, 0.15) is 26.7 Å². The molecule has 0 aromatic heterocycles. The first-order valence-corrected chi connectivity index (χ1v) is 6.60. The summed E-state index contributed by atoms with van der Waals surface area (Å²) in [5.74, 6) is -0.381. The number of amides is 2. The van der Waals surface area contributed by atoms with Crippen LogP contribution in [0.15, 0.2) is 12.2 Å². The van der Waals surface area contributed by atoms with Crippen molar-refractivity contribution in [2.24, 2.45) is 11.7 Å². The molecule has 0 bridgehead atoms. The summed E-state index contributed by atoms with van der Waals surface area (Å²) in [4.78, 5) is 23.4. The molecule has 1 aliphatic rings. The standard InChI is InChI=1S/C13H23N3O3/c1-8(2)11-3-4-12(18)15-6-5-9(17)7-10(14)13(19)16-11/h3-4,8-11,17H,5-7,14H2,1-2H3,(H,15,18)(H,16,19)/b4-3+/t9-,10-,11+/m0/s1. The van der Waals surface area contributed by atoms with Crippen LogP contribution in [0.4, 0.5) is 0 Å². The number of rotatable bonds is 1. The van der Waals surface area contributed by atoms with E-state index in [1.54, 1.807) is 6.08 Å². The fourth-order valence-corrected chi connectivity index (χ4v) is 1.84. The molecule has 3 atom stereocenters. The van der Waals surface area contributed by atoms with E-state index >= 15 is 0 Å². The van der Waals surface area contributed by atoms with E-state index in [1.165, 1.54) is 6.08 Å². The van der Waals surface area contributed by atoms with E-state index in [0.717, 1.165) is 0 Å². The molecule has 0 saturated carbocycles. The highest BCUT2D eigenvalue weighted by Crippen LogP contribution is 2.06. The summed E-state index contributed by atoms with van der Waals surface area (Å²) < 4.78 is 0. The first kappa shape index (κ1) is 15.7. The fraction of sp³-hybridized carbons (Fsp3) is 0.692. The monoisotopic (exact) mass is 269 g/mol. The molecule has 0 saturated heterocycles. The van der Waals surface area contributed by atoms with Gasteiger partial charge in [-0.2, -0.15) is 0 Å². The zero-order valence-electron chi connectivity index (χ0n) is 11.4. The van der Waals surface area contributed by atoms with Crippen molar-refractivity contribution in [1.82, 2.24) is 10.6 Å². The Labute approximate surface area is 113 Å². The molecule has 1 rings (SSSR count). The van der Waals surface area contributed by atoms with Gasteiger partial charge < -0.3 is 21.5 Å². The predicted molar refractivity (Wildman–Crippen MR) is 72.1 cm³/mol. The Kier molecular flexibility index (Phi) is 5.98. The van der Waals surface area contributed by atoms with Crippen molar-refractivity contribution in [3.05, 3.63) is 12.2 Å². The lowest BCUT2D eigenvalue weighted by atomic mass is 10.0. The van der Waals surface area contributed by atoms with Gasteiger partial charge in [-0.05, 0) is 18.8 Å². The van der Waals surface area contributed by atoms with Crippen molar-refractivity contribution in [1.29, 1.82) is 0 Å². The Bertz CT molecular complexity index is 355. The highest BCUT2D eigenvalue weighted by Gasteiger charge is 2.22. The predicted octanol–water partition coefficient (Wildman–Crippen LogP) is -0.718. The summed E-state index contributed by atoms with van der Waals surface area (Å²) in [6, 6.07) is -0.986. The number of carbonyl (C=O) groups excluding carboxylic acids is 2. The van der Waals surface area contributed by atoms with E-state index in [0.29, 0.717) is 13.0 Å². The second-order valence-corrected chi connectivity index (χ2v) is 5.21. The summed E-state index contributed by atoms with van der Waals surface area (Å²) in [5.41, 5.74) is 5.75. The average Bonchev–Trinajstić information content (AvgIpc) is 2.32. The van der Waals surface area contributed by atoms with Crippen LogP contribution < -0.4 is 16.4 Å². The molecule has 6 nitrogen and oxygen atoms in total. The molecule has 1 aliphatic heterocycles. The lowest BCUT2D eigenvalue weighted by Gasteiger charge is -2.23. The van der Waals surface area contributed by atoms with Gasteiger partial charge in [-0.3, -0.25) is 9.59 Å². The topological polar surface area (TPSA) is 104 Å². The van der Waals surface area contributed by atoms with E-state index < -0.39 is 12.1 Å². The Balaban J connectivity index is 2.82. The minimum absolute atomic E-state index is 0.146. The second-order valence-electron chi connectivity index (χ2n) is 5.21. The number of nitrogens with one attached hydrogen (secondary N) is 2. The summed E-state index contributed by atoms with van der Waals surface area (Å²) in [5, 5.41) is 15.2. The van der Waals surface area contributed by atoms with Crippen LogP contribution in [0.5, 0.6) is 0 Å². The minimum Gasteiger partial charge on any atom is -0.393 e. The van der Waals surface area contributed by atoms with E-state index in [2.05, 4.69) is 10.6 Å². The van der Waals surface area contributed by atoms with Crippen LogP contribution in [-0.2, 0) is 9.59 Å². The number of nitrogens with two attached hydrogens (primary N) is 1. The van der Waals surface area contributed by atoms with E-state index in [9.17, 15) is 14.7 Å². The Hall–Kier alpha value is -1.40. The van der Waals surface area contributed by atoms with Gasteiger partial charge in [0.25, 0.3) is 0 Å². The molecule has 0 fully saturated rings. The average molecular weight is 269 g/mol. The zero-order chi connectivity index (χ0) is 14.4. The normalized spacial score (nSPS) is 31.9. The van der Waals surface area contributed by atoms with Crippen molar-refractivity contribution in [2.45, 2.75) is 44.9 Å². The van der Waals surface area contributed by atoms with Crippen molar-refractivity contribution in [3.8, 4) is 0 Å². The molecule has 0 radical (unpaired) electrons. The Morgan fingerprint density at radius 1 is 1.42 bits per heavy atom. The highest BCUT2D eigenvalue weighted by atomic mass is 16.3. The van der Waals surface area contributed by atoms with Gasteiger partial charge in [0.2, 0.25) is 11.8 Å². The first-order chi connectivity index (χ1) is 8.90. The van der Waals surface area contributed by atoms with Crippen LogP contribution in [-0.4, -0.2) is 41.7 Å². The lowest BCUT2D eigenvalue weighted by molar-refractivity contribution is -0.124. The summed E-state index contributed by atoms with van der Waals surface area (Å²) >= 11 is 0. The fourth-order valence-electron chi connectivity index (χ4n) is 1.84.